The minimum Gasteiger partial charge on any atom is -0.467 e. The van der Waals surface area contributed by atoms with Crippen molar-refractivity contribution < 1.29 is 14.3 Å². The number of likely N-dealkylation sites (N-methyl/N-ethyl adjacent to an activating group) is 1. The summed E-state index contributed by atoms with van der Waals surface area (Å²) in [6.45, 7) is 8.97. The van der Waals surface area contributed by atoms with Crippen LogP contribution in [0.4, 0.5) is 0 Å². The summed E-state index contributed by atoms with van der Waals surface area (Å²) in [6.07, 6.45) is 0. The number of carbonyl (C=O) groups is 2. The minimum atomic E-state index is -0.569. The molecule has 104 valence electrons. The fourth-order valence-corrected chi connectivity index (χ4v) is 2.11. The molecule has 0 aromatic carbocycles. The van der Waals surface area contributed by atoms with Gasteiger partial charge in [-0.1, -0.05) is 6.92 Å². The zero-order valence-electron chi connectivity index (χ0n) is 11.4. The number of carbonyl (C=O) groups excluding carboxylic acids is 2. The summed E-state index contributed by atoms with van der Waals surface area (Å²) in [5.41, 5.74) is 0. The molecule has 0 bridgehead atoms. The van der Waals surface area contributed by atoms with Crippen LogP contribution in [-0.2, 0) is 14.3 Å². The van der Waals surface area contributed by atoms with Gasteiger partial charge in [0.05, 0.1) is 7.11 Å². The Morgan fingerprint density at radius 3 is 2.22 bits per heavy atom. The van der Waals surface area contributed by atoms with Crippen molar-refractivity contribution in [1.29, 1.82) is 0 Å². The molecular formula is C12H23N3O3. The van der Waals surface area contributed by atoms with Crippen LogP contribution in [0.15, 0.2) is 0 Å². The van der Waals surface area contributed by atoms with Gasteiger partial charge in [-0.2, -0.15) is 0 Å². The van der Waals surface area contributed by atoms with Crippen LogP contribution >= 0.6 is 0 Å². The highest BCUT2D eigenvalue weighted by Crippen LogP contribution is 2.03. The van der Waals surface area contributed by atoms with Gasteiger partial charge in [0.25, 0.3) is 0 Å². The molecule has 1 N–H and O–H groups in total. The summed E-state index contributed by atoms with van der Waals surface area (Å²) < 4.78 is 4.71. The van der Waals surface area contributed by atoms with Crippen LogP contribution in [-0.4, -0.2) is 74.1 Å². The molecule has 1 amide bonds. The summed E-state index contributed by atoms with van der Waals surface area (Å²) in [6, 6.07) is -0.569. The van der Waals surface area contributed by atoms with Gasteiger partial charge < -0.3 is 15.0 Å². The fourth-order valence-electron chi connectivity index (χ4n) is 2.11. The van der Waals surface area contributed by atoms with Gasteiger partial charge in [-0.3, -0.25) is 9.69 Å². The number of esters is 1. The van der Waals surface area contributed by atoms with Gasteiger partial charge in [-0.05, 0) is 6.54 Å². The van der Waals surface area contributed by atoms with Gasteiger partial charge in [0, 0.05) is 39.6 Å². The first kappa shape index (κ1) is 14.9. The number of methoxy groups -OCH3 is 1. The van der Waals surface area contributed by atoms with Crippen LogP contribution in [0.5, 0.6) is 0 Å². The summed E-state index contributed by atoms with van der Waals surface area (Å²) in [4.78, 5) is 27.2. The van der Waals surface area contributed by atoms with Gasteiger partial charge in [0.1, 0.15) is 6.04 Å². The normalized spacial score (nSPS) is 19.3. The SMILES string of the molecule is CCN1CCN(CC(NC(C)=O)C(=O)OC)CC1. The lowest BCUT2D eigenvalue weighted by molar-refractivity contribution is -0.145. The van der Waals surface area contributed by atoms with Crippen molar-refractivity contribution in [2.45, 2.75) is 19.9 Å². The predicted octanol–water partition coefficient (Wildman–Crippen LogP) is -0.698. The minimum absolute atomic E-state index is 0.211. The van der Waals surface area contributed by atoms with Crippen molar-refractivity contribution in [1.82, 2.24) is 15.1 Å². The molecule has 0 spiro atoms. The Labute approximate surface area is 108 Å². The third-order valence-electron chi connectivity index (χ3n) is 3.22. The first-order valence-corrected chi connectivity index (χ1v) is 6.36. The van der Waals surface area contributed by atoms with Crippen molar-refractivity contribution in [3.63, 3.8) is 0 Å². The molecule has 1 aliphatic rings. The summed E-state index contributed by atoms with van der Waals surface area (Å²) in [7, 11) is 1.34. The first-order valence-electron chi connectivity index (χ1n) is 6.36. The lowest BCUT2D eigenvalue weighted by Gasteiger charge is -2.35. The van der Waals surface area contributed by atoms with Gasteiger partial charge >= 0.3 is 5.97 Å². The van der Waals surface area contributed by atoms with Crippen molar-refractivity contribution in [2.24, 2.45) is 0 Å². The smallest absolute Gasteiger partial charge is 0.329 e. The molecule has 1 heterocycles. The van der Waals surface area contributed by atoms with Gasteiger partial charge in [0.2, 0.25) is 5.91 Å². The molecule has 1 fully saturated rings. The number of nitrogens with one attached hydrogen (secondary N) is 1. The fraction of sp³-hybridized carbons (Fsp3) is 0.833. The zero-order valence-corrected chi connectivity index (χ0v) is 11.4. The largest absolute Gasteiger partial charge is 0.467 e. The Hall–Kier alpha value is -1.14. The van der Waals surface area contributed by atoms with E-state index in [4.69, 9.17) is 4.74 Å². The quantitative estimate of drug-likeness (QED) is 0.660. The molecular weight excluding hydrogens is 234 g/mol. The number of nitrogens with zero attached hydrogens (tertiary/aromatic N) is 2. The van der Waals surface area contributed by atoms with E-state index in [9.17, 15) is 9.59 Å². The van der Waals surface area contributed by atoms with Crippen molar-refractivity contribution in [3.05, 3.63) is 0 Å². The molecule has 18 heavy (non-hydrogen) atoms. The Bertz CT molecular complexity index is 288. The number of rotatable bonds is 5. The average Bonchev–Trinajstić information content (AvgIpc) is 2.37. The topological polar surface area (TPSA) is 61.9 Å². The molecule has 0 aromatic heterocycles. The van der Waals surface area contributed by atoms with Crippen molar-refractivity contribution >= 4 is 11.9 Å². The third-order valence-corrected chi connectivity index (χ3v) is 3.22. The monoisotopic (exact) mass is 257 g/mol. The van der Waals surface area contributed by atoms with E-state index < -0.39 is 6.04 Å². The van der Waals surface area contributed by atoms with Crippen LogP contribution < -0.4 is 5.32 Å². The second-order valence-corrected chi connectivity index (χ2v) is 4.51. The predicted molar refractivity (Wildman–Crippen MR) is 68.2 cm³/mol. The van der Waals surface area contributed by atoms with E-state index in [1.54, 1.807) is 0 Å². The second-order valence-electron chi connectivity index (χ2n) is 4.51. The van der Waals surface area contributed by atoms with Crippen LogP contribution in [0, 0.1) is 0 Å². The maximum Gasteiger partial charge on any atom is 0.329 e. The van der Waals surface area contributed by atoms with Gasteiger partial charge in [-0.25, -0.2) is 4.79 Å². The molecule has 1 saturated heterocycles. The lowest BCUT2D eigenvalue weighted by Crippen LogP contribution is -2.53. The van der Waals surface area contributed by atoms with Crippen LogP contribution in [0.2, 0.25) is 0 Å². The van der Waals surface area contributed by atoms with E-state index in [0.717, 1.165) is 32.7 Å². The molecule has 1 aliphatic heterocycles. The summed E-state index contributed by atoms with van der Waals surface area (Å²) in [5, 5.41) is 2.63. The van der Waals surface area contributed by atoms with Crippen molar-refractivity contribution in [2.75, 3.05) is 46.4 Å². The molecule has 6 heteroatoms. The maximum absolute atomic E-state index is 11.6. The number of hydrogen-bond donors (Lipinski definition) is 1. The molecule has 0 aliphatic carbocycles. The number of amides is 1. The van der Waals surface area contributed by atoms with E-state index in [2.05, 4.69) is 22.0 Å². The van der Waals surface area contributed by atoms with Gasteiger partial charge in [-0.15, -0.1) is 0 Å². The lowest BCUT2D eigenvalue weighted by atomic mass is 10.2. The summed E-state index contributed by atoms with van der Waals surface area (Å²) >= 11 is 0. The van der Waals surface area contributed by atoms with Crippen LogP contribution in [0.3, 0.4) is 0 Å². The van der Waals surface area contributed by atoms with E-state index in [1.807, 2.05) is 0 Å². The number of hydrogen-bond acceptors (Lipinski definition) is 5. The first-order chi connectivity index (χ1) is 8.56. The number of ether oxygens (including phenoxy) is 1. The molecule has 1 atom stereocenters. The highest BCUT2D eigenvalue weighted by Gasteiger charge is 2.25. The second kappa shape index (κ2) is 7.33. The van der Waals surface area contributed by atoms with E-state index in [1.165, 1.54) is 14.0 Å². The molecule has 6 nitrogen and oxygen atoms in total. The van der Waals surface area contributed by atoms with Crippen LogP contribution in [0.25, 0.3) is 0 Å². The van der Waals surface area contributed by atoms with E-state index in [0.29, 0.717) is 6.54 Å². The van der Waals surface area contributed by atoms with Crippen molar-refractivity contribution in [3.8, 4) is 0 Å². The Balaban J connectivity index is 2.46. The Morgan fingerprint density at radius 2 is 1.78 bits per heavy atom. The van der Waals surface area contributed by atoms with E-state index in [-0.39, 0.29) is 11.9 Å². The molecule has 0 saturated carbocycles. The maximum atomic E-state index is 11.6. The van der Waals surface area contributed by atoms with E-state index >= 15 is 0 Å². The molecule has 1 rings (SSSR count). The van der Waals surface area contributed by atoms with Gasteiger partial charge in [0.15, 0.2) is 0 Å². The zero-order chi connectivity index (χ0) is 13.5. The Morgan fingerprint density at radius 1 is 1.22 bits per heavy atom. The van der Waals surface area contributed by atoms with Crippen LogP contribution in [0.1, 0.15) is 13.8 Å². The molecule has 0 aromatic rings. The summed E-state index contributed by atoms with van der Waals surface area (Å²) in [5.74, 6) is -0.597. The third kappa shape index (κ3) is 4.62. The molecule has 0 radical (unpaired) electrons. The molecule has 1 unspecified atom stereocenters. The standard InChI is InChI=1S/C12H23N3O3/c1-4-14-5-7-15(8-6-14)9-11(12(17)18-3)13-10(2)16/h11H,4-9H2,1-3H3,(H,13,16). The average molecular weight is 257 g/mol. The highest BCUT2D eigenvalue weighted by atomic mass is 16.5. The highest BCUT2D eigenvalue weighted by molar-refractivity contribution is 5.83. The Kier molecular flexibility index (Phi) is 6.07. The number of piperazine rings is 1.